The molecular weight excluding hydrogens is 200 g/mol. The van der Waals surface area contributed by atoms with Crippen LogP contribution in [-0.4, -0.2) is 26.3 Å². The topological polar surface area (TPSA) is 35.5 Å². The Labute approximate surface area is 87.4 Å². The maximum Gasteiger partial charge on any atom is 0.161 e. The van der Waals surface area contributed by atoms with Crippen molar-refractivity contribution < 1.29 is 14.3 Å². The van der Waals surface area contributed by atoms with Crippen LogP contribution in [0.4, 0.5) is 0 Å². The third-order valence-electron chi connectivity index (χ3n) is 1.67. The number of carbonyl (C=O) groups is 1. The van der Waals surface area contributed by atoms with Crippen LogP contribution in [0.3, 0.4) is 0 Å². The number of ether oxygens (including phenoxy) is 2. The van der Waals surface area contributed by atoms with Crippen molar-refractivity contribution in [2.45, 2.75) is 4.90 Å². The van der Waals surface area contributed by atoms with Crippen molar-refractivity contribution in [2.24, 2.45) is 0 Å². The number of thioether (sulfide) groups is 1. The van der Waals surface area contributed by atoms with E-state index < -0.39 is 0 Å². The van der Waals surface area contributed by atoms with Crippen LogP contribution >= 0.6 is 11.8 Å². The standard InChI is InChI=1S/C10H12O3S/c1-12-9-4-3-8(14-6-5-11)7-10(9)13-2/h3-5,7H,6H2,1-2H3. The smallest absolute Gasteiger partial charge is 0.161 e. The van der Waals surface area contributed by atoms with Gasteiger partial charge in [-0.1, -0.05) is 0 Å². The molecule has 0 bridgehead atoms. The average molecular weight is 212 g/mol. The van der Waals surface area contributed by atoms with Crippen molar-refractivity contribution in [3.8, 4) is 11.5 Å². The first kappa shape index (κ1) is 10.9. The summed E-state index contributed by atoms with van der Waals surface area (Å²) in [7, 11) is 3.18. The van der Waals surface area contributed by atoms with E-state index in [-0.39, 0.29) is 0 Å². The molecule has 0 amide bonds. The molecule has 0 fully saturated rings. The van der Waals surface area contributed by atoms with Crippen LogP contribution in [0.25, 0.3) is 0 Å². The summed E-state index contributed by atoms with van der Waals surface area (Å²) >= 11 is 1.47. The highest BCUT2D eigenvalue weighted by atomic mass is 32.2. The Morgan fingerprint density at radius 2 is 2.00 bits per heavy atom. The summed E-state index contributed by atoms with van der Waals surface area (Å²) in [5, 5.41) is 0. The van der Waals surface area contributed by atoms with Crippen molar-refractivity contribution in [1.82, 2.24) is 0 Å². The summed E-state index contributed by atoms with van der Waals surface area (Å²) in [6.45, 7) is 0. The van der Waals surface area contributed by atoms with Crippen LogP contribution in [0, 0.1) is 0 Å². The number of carbonyl (C=O) groups excluding carboxylic acids is 1. The molecule has 4 heteroatoms. The molecule has 0 atom stereocenters. The van der Waals surface area contributed by atoms with Crippen molar-refractivity contribution >= 4 is 18.0 Å². The number of rotatable bonds is 5. The summed E-state index contributed by atoms with van der Waals surface area (Å²) in [4.78, 5) is 11.2. The quantitative estimate of drug-likeness (QED) is 0.552. The zero-order valence-electron chi connectivity index (χ0n) is 8.15. The Bertz CT molecular complexity index is 312. The highest BCUT2D eigenvalue weighted by molar-refractivity contribution is 7.99. The van der Waals surface area contributed by atoms with Gasteiger partial charge in [-0.15, -0.1) is 11.8 Å². The number of benzene rings is 1. The molecule has 0 saturated carbocycles. The number of hydrogen-bond donors (Lipinski definition) is 0. The minimum Gasteiger partial charge on any atom is -0.493 e. The second-order valence-corrected chi connectivity index (χ2v) is 3.59. The first-order valence-electron chi connectivity index (χ1n) is 4.10. The summed E-state index contributed by atoms with van der Waals surface area (Å²) in [5.41, 5.74) is 0. The molecular formula is C10H12O3S. The van der Waals surface area contributed by atoms with Gasteiger partial charge in [-0.2, -0.15) is 0 Å². The Balaban J connectivity index is 2.83. The van der Waals surface area contributed by atoms with Gasteiger partial charge in [-0.3, -0.25) is 0 Å². The van der Waals surface area contributed by atoms with Gasteiger partial charge in [0, 0.05) is 4.90 Å². The molecule has 1 aromatic carbocycles. The van der Waals surface area contributed by atoms with Crippen LogP contribution in [-0.2, 0) is 4.79 Å². The molecule has 76 valence electrons. The zero-order chi connectivity index (χ0) is 10.4. The molecule has 0 radical (unpaired) electrons. The van der Waals surface area contributed by atoms with Crippen molar-refractivity contribution in [1.29, 1.82) is 0 Å². The zero-order valence-corrected chi connectivity index (χ0v) is 8.97. The molecule has 3 nitrogen and oxygen atoms in total. The molecule has 1 rings (SSSR count). The third-order valence-corrected chi connectivity index (χ3v) is 2.56. The first-order valence-corrected chi connectivity index (χ1v) is 5.09. The second kappa shape index (κ2) is 5.54. The summed E-state index contributed by atoms with van der Waals surface area (Å²) in [6, 6.07) is 5.58. The predicted molar refractivity (Wildman–Crippen MR) is 56.3 cm³/mol. The summed E-state index contributed by atoms with van der Waals surface area (Å²) in [5.74, 6) is 1.83. The van der Waals surface area contributed by atoms with E-state index >= 15 is 0 Å². The minimum absolute atomic E-state index is 0.454. The highest BCUT2D eigenvalue weighted by Gasteiger charge is 2.04. The van der Waals surface area contributed by atoms with Gasteiger partial charge in [0.25, 0.3) is 0 Å². The lowest BCUT2D eigenvalue weighted by molar-refractivity contribution is -0.105. The van der Waals surface area contributed by atoms with E-state index in [1.807, 2.05) is 18.2 Å². The van der Waals surface area contributed by atoms with Gasteiger partial charge < -0.3 is 14.3 Å². The Morgan fingerprint density at radius 1 is 1.29 bits per heavy atom. The summed E-state index contributed by atoms with van der Waals surface area (Å²) in [6.07, 6.45) is 0.876. The fourth-order valence-corrected chi connectivity index (χ4v) is 1.65. The van der Waals surface area contributed by atoms with Gasteiger partial charge in [0.1, 0.15) is 6.29 Å². The Kier molecular flexibility index (Phi) is 4.32. The van der Waals surface area contributed by atoms with E-state index in [2.05, 4.69) is 0 Å². The van der Waals surface area contributed by atoms with Crippen molar-refractivity contribution in [2.75, 3.05) is 20.0 Å². The SMILES string of the molecule is COc1ccc(SCC=O)cc1OC. The molecule has 1 aromatic rings. The fourth-order valence-electron chi connectivity index (χ4n) is 1.04. The monoisotopic (exact) mass is 212 g/mol. The predicted octanol–water partition coefficient (Wildman–Crippen LogP) is 1.99. The fraction of sp³-hybridized carbons (Fsp3) is 0.300. The van der Waals surface area contributed by atoms with Crippen LogP contribution in [0.1, 0.15) is 0 Å². The largest absolute Gasteiger partial charge is 0.493 e. The van der Waals surface area contributed by atoms with E-state index in [9.17, 15) is 4.79 Å². The maximum absolute atomic E-state index is 10.2. The second-order valence-electron chi connectivity index (χ2n) is 2.49. The Hall–Kier alpha value is -1.16. The van der Waals surface area contributed by atoms with E-state index in [0.717, 1.165) is 11.2 Å². The van der Waals surface area contributed by atoms with Crippen LogP contribution in [0.5, 0.6) is 11.5 Å². The van der Waals surface area contributed by atoms with Crippen LogP contribution in [0.15, 0.2) is 23.1 Å². The molecule has 0 aliphatic carbocycles. The highest BCUT2D eigenvalue weighted by Crippen LogP contribution is 2.31. The third kappa shape index (κ3) is 2.67. The van der Waals surface area contributed by atoms with Crippen LogP contribution in [0.2, 0.25) is 0 Å². The lowest BCUT2D eigenvalue weighted by Crippen LogP contribution is -1.90. The lowest BCUT2D eigenvalue weighted by Gasteiger charge is -2.08. The lowest BCUT2D eigenvalue weighted by atomic mass is 10.3. The van der Waals surface area contributed by atoms with Gasteiger partial charge in [-0.25, -0.2) is 0 Å². The molecule has 0 aliphatic rings. The van der Waals surface area contributed by atoms with E-state index in [1.165, 1.54) is 11.8 Å². The Morgan fingerprint density at radius 3 is 2.57 bits per heavy atom. The molecule has 14 heavy (non-hydrogen) atoms. The van der Waals surface area contributed by atoms with Gasteiger partial charge in [0.2, 0.25) is 0 Å². The normalized spacial score (nSPS) is 9.57. The molecule has 0 aliphatic heterocycles. The maximum atomic E-state index is 10.2. The minimum atomic E-state index is 0.454. The van der Waals surface area contributed by atoms with Gasteiger partial charge in [0.05, 0.1) is 20.0 Å². The summed E-state index contributed by atoms with van der Waals surface area (Å²) < 4.78 is 10.2. The molecule has 0 aromatic heterocycles. The molecule has 0 unspecified atom stereocenters. The van der Waals surface area contributed by atoms with Crippen molar-refractivity contribution in [3.63, 3.8) is 0 Å². The molecule has 0 saturated heterocycles. The number of methoxy groups -OCH3 is 2. The van der Waals surface area contributed by atoms with E-state index in [4.69, 9.17) is 9.47 Å². The van der Waals surface area contributed by atoms with Crippen molar-refractivity contribution in [3.05, 3.63) is 18.2 Å². The number of hydrogen-bond acceptors (Lipinski definition) is 4. The average Bonchev–Trinajstić information content (AvgIpc) is 2.25. The van der Waals surface area contributed by atoms with E-state index in [1.54, 1.807) is 14.2 Å². The van der Waals surface area contributed by atoms with Gasteiger partial charge in [-0.05, 0) is 18.2 Å². The molecule has 0 N–H and O–H groups in total. The molecule has 0 spiro atoms. The van der Waals surface area contributed by atoms with Crippen LogP contribution < -0.4 is 9.47 Å². The molecule has 0 heterocycles. The first-order chi connectivity index (χ1) is 6.81. The number of aldehydes is 1. The van der Waals surface area contributed by atoms with E-state index in [0.29, 0.717) is 17.3 Å². The van der Waals surface area contributed by atoms with Gasteiger partial charge in [0.15, 0.2) is 11.5 Å². The van der Waals surface area contributed by atoms with Gasteiger partial charge >= 0.3 is 0 Å².